The highest BCUT2D eigenvalue weighted by atomic mass is 16.5. The molecule has 0 bridgehead atoms. The second-order valence-electron chi connectivity index (χ2n) is 4.94. The first-order valence-corrected chi connectivity index (χ1v) is 7.33. The minimum atomic E-state index is -0.194. The van der Waals surface area contributed by atoms with Crippen molar-refractivity contribution in [3.8, 4) is 5.88 Å². The molecule has 1 aromatic heterocycles. The van der Waals surface area contributed by atoms with Crippen LogP contribution >= 0.6 is 0 Å². The van der Waals surface area contributed by atoms with Gasteiger partial charge in [0, 0.05) is 32.1 Å². The number of pyridine rings is 1. The molecule has 0 aromatic carbocycles. The average molecular weight is 291 g/mol. The fourth-order valence-electron chi connectivity index (χ4n) is 2.35. The molecular weight excluding hydrogens is 270 g/mol. The fourth-order valence-corrected chi connectivity index (χ4v) is 2.35. The Bertz CT molecular complexity index is 519. The second kappa shape index (κ2) is 7.06. The van der Waals surface area contributed by atoms with E-state index >= 15 is 0 Å². The van der Waals surface area contributed by atoms with Gasteiger partial charge in [0.1, 0.15) is 11.7 Å². The Kier molecular flexibility index (Phi) is 5.14. The zero-order valence-electron chi connectivity index (χ0n) is 12.5. The third-order valence-electron chi connectivity index (χ3n) is 3.43. The lowest BCUT2D eigenvalue weighted by Crippen LogP contribution is -2.31. The van der Waals surface area contributed by atoms with Crippen LogP contribution in [0.25, 0.3) is 0 Å². The van der Waals surface area contributed by atoms with Crippen molar-refractivity contribution < 1.29 is 14.3 Å². The highest BCUT2D eigenvalue weighted by Gasteiger charge is 2.28. The molecule has 1 N–H and O–H groups in total. The molecule has 0 aliphatic carbocycles. The number of nitrogens with zero attached hydrogens (tertiary/aromatic N) is 2. The van der Waals surface area contributed by atoms with Crippen molar-refractivity contribution >= 4 is 11.8 Å². The first-order chi connectivity index (χ1) is 10.2. The van der Waals surface area contributed by atoms with Crippen molar-refractivity contribution in [2.45, 2.75) is 32.8 Å². The van der Waals surface area contributed by atoms with Crippen molar-refractivity contribution in [2.24, 2.45) is 0 Å². The second-order valence-corrected chi connectivity index (χ2v) is 4.94. The van der Waals surface area contributed by atoms with E-state index in [-0.39, 0.29) is 17.9 Å². The summed E-state index contributed by atoms with van der Waals surface area (Å²) in [4.78, 5) is 29.6. The van der Waals surface area contributed by atoms with E-state index in [0.29, 0.717) is 37.5 Å². The lowest BCUT2D eigenvalue weighted by molar-refractivity contribution is -0.130. The van der Waals surface area contributed by atoms with Crippen molar-refractivity contribution in [3.63, 3.8) is 0 Å². The van der Waals surface area contributed by atoms with Crippen LogP contribution in [0.5, 0.6) is 5.88 Å². The topological polar surface area (TPSA) is 71.5 Å². The molecule has 1 atom stereocenters. The molecule has 1 aliphatic rings. The zero-order valence-corrected chi connectivity index (χ0v) is 12.5. The summed E-state index contributed by atoms with van der Waals surface area (Å²) < 4.78 is 5.83. The first-order valence-electron chi connectivity index (χ1n) is 7.33. The van der Waals surface area contributed by atoms with Gasteiger partial charge in [-0.05, 0) is 19.1 Å². The lowest BCUT2D eigenvalue weighted by atomic mass is 10.2. The van der Waals surface area contributed by atoms with Crippen molar-refractivity contribution in [1.82, 2.24) is 15.2 Å². The van der Waals surface area contributed by atoms with Crippen LogP contribution < -0.4 is 10.1 Å². The summed E-state index contributed by atoms with van der Waals surface area (Å²) in [6.07, 6.45) is 2.75. The molecule has 1 saturated heterocycles. The molecule has 6 heteroatoms. The van der Waals surface area contributed by atoms with Gasteiger partial charge in [0.05, 0.1) is 6.54 Å². The normalized spacial score (nSPS) is 17.6. The van der Waals surface area contributed by atoms with Gasteiger partial charge in [-0.15, -0.1) is 0 Å². The maximum Gasteiger partial charge on any atom is 0.256 e. The summed E-state index contributed by atoms with van der Waals surface area (Å²) in [6.45, 7) is 5.51. The monoisotopic (exact) mass is 291 g/mol. The largest absolute Gasteiger partial charge is 0.472 e. The van der Waals surface area contributed by atoms with Crippen molar-refractivity contribution in [2.75, 3.05) is 19.6 Å². The number of rotatable bonds is 5. The molecule has 2 amide bonds. The molecule has 1 aromatic rings. The van der Waals surface area contributed by atoms with Crippen LogP contribution in [0.4, 0.5) is 0 Å². The van der Waals surface area contributed by atoms with Crippen molar-refractivity contribution in [1.29, 1.82) is 0 Å². The molecule has 1 fully saturated rings. The van der Waals surface area contributed by atoms with Crippen LogP contribution in [-0.2, 0) is 4.79 Å². The molecule has 114 valence electrons. The third kappa shape index (κ3) is 3.71. The predicted octanol–water partition coefficient (Wildman–Crippen LogP) is 1.22. The molecular formula is C15H21N3O3. The van der Waals surface area contributed by atoms with Crippen LogP contribution in [-0.4, -0.2) is 47.4 Å². The van der Waals surface area contributed by atoms with E-state index in [1.807, 2.05) is 13.8 Å². The molecule has 2 rings (SSSR count). The number of likely N-dealkylation sites (tertiary alicyclic amines) is 1. The molecule has 0 radical (unpaired) electrons. The maximum atomic E-state index is 12.0. The number of aromatic nitrogens is 1. The summed E-state index contributed by atoms with van der Waals surface area (Å²) in [5.41, 5.74) is 0.430. The van der Waals surface area contributed by atoms with Gasteiger partial charge in [-0.25, -0.2) is 4.98 Å². The molecule has 0 saturated carbocycles. The van der Waals surface area contributed by atoms with Gasteiger partial charge in [0.25, 0.3) is 5.91 Å². The number of nitrogens with one attached hydrogen (secondary N) is 1. The van der Waals surface area contributed by atoms with Gasteiger partial charge < -0.3 is 15.0 Å². The van der Waals surface area contributed by atoms with E-state index in [0.717, 1.165) is 6.42 Å². The van der Waals surface area contributed by atoms with Crippen LogP contribution in [0.3, 0.4) is 0 Å². The SMILES string of the molecule is CCNC(=O)c1cccnc1OC1CCN(C(=O)CC)C1. The Labute approximate surface area is 124 Å². The van der Waals surface area contributed by atoms with Gasteiger partial charge in [-0.3, -0.25) is 9.59 Å². The smallest absolute Gasteiger partial charge is 0.256 e. The van der Waals surface area contributed by atoms with Crippen molar-refractivity contribution in [3.05, 3.63) is 23.9 Å². The van der Waals surface area contributed by atoms with Crippen LogP contribution in [0.2, 0.25) is 0 Å². The number of amides is 2. The standard InChI is InChI=1S/C15H21N3O3/c1-3-13(19)18-9-7-11(10-18)21-15-12(6-5-8-17-15)14(20)16-4-2/h5-6,8,11H,3-4,7,9-10H2,1-2H3,(H,16,20). The molecule has 2 heterocycles. The van der Waals surface area contributed by atoms with E-state index < -0.39 is 0 Å². The summed E-state index contributed by atoms with van der Waals surface area (Å²) in [6, 6.07) is 3.40. The van der Waals surface area contributed by atoms with Gasteiger partial charge in [0.15, 0.2) is 0 Å². The summed E-state index contributed by atoms with van der Waals surface area (Å²) in [7, 11) is 0. The number of hydrogen-bond acceptors (Lipinski definition) is 4. The van der Waals surface area contributed by atoms with Crippen LogP contribution in [0.15, 0.2) is 18.3 Å². The molecule has 0 spiro atoms. The third-order valence-corrected chi connectivity index (χ3v) is 3.43. The Morgan fingerprint density at radius 2 is 2.29 bits per heavy atom. The van der Waals surface area contributed by atoms with E-state index in [9.17, 15) is 9.59 Å². The molecule has 1 aliphatic heterocycles. The number of carbonyl (C=O) groups is 2. The molecule has 6 nitrogen and oxygen atoms in total. The van der Waals surface area contributed by atoms with E-state index in [4.69, 9.17) is 4.74 Å². The highest BCUT2D eigenvalue weighted by Crippen LogP contribution is 2.20. The first kappa shape index (κ1) is 15.3. The van der Waals surface area contributed by atoms with Gasteiger partial charge in [0.2, 0.25) is 11.8 Å². The summed E-state index contributed by atoms with van der Waals surface area (Å²) >= 11 is 0. The summed E-state index contributed by atoms with van der Waals surface area (Å²) in [5, 5.41) is 2.74. The Morgan fingerprint density at radius 3 is 3.00 bits per heavy atom. The van der Waals surface area contributed by atoms with E-state index in [1.54, 1.807) is 23.2 Å². The molecule has 21 heavy (non-hydrogen) atoms. The van der Waals surface area contributed by atoms with E-state index in [1.165, 1.54) is 0 Å². The number of carbonyl (C=O) groups excluding carboxylic acids is 2. The minimum absolute atomic E-state index is 0.108. The van der Waals surface area contributed by atoms with Gasteiger partial charge >= 0.3 is 0 Å². The number of hydrogen-bond donors (Lipinski definition) is 1. The Morgan fingerprint density at radius 1 is 1.48 bits per heavy atom. The number of ether oxygens (including phenoxy) is 1. The summed E-state index contributed by atoms with van der Waals surface area (Å²) in [5.74, 6) is 0.269. The highest BCUT2D eigenvalue weighted by molar-refractivity contribution is 5.96. The average Bonchev–Trinajstić information content (AvgIpc) is 2.96. The quantitative estimate of drug-likeness (QED) is 0.885. The maximum absolute atomic E-state index is 12.0. The molecule has 1 unspecified atom stereocenters. The van der Waals surface area contributed by atoms with Gasteiger partial charge in [-0.2, -0.15) is 0 Å². The van der Waals surface area contributed by atoms with Gasteiger partial charge in [-0.1, -0.05) is 6.92 Å². The lowest BCUT2D eigenvalue weighted by Gasteiger charge is -2.17. The predicted molar refractivity (Wildman–Crippen MR) is 78.1 cm³/mol. The Hall–Kier alpha value is -2.11. The Balaban J connectivity index is 2.04. The van der Waals surface area contributed by atoms with Crippen LogP contribution in [0.1, 0.15) is 37.0 Å². The van der Waals surface area contributed by atoms with Crippen LogP contribution in [0, 0.1) is 0 Å². The minimum Gasteiger partial charge on any atom is -0.472 e. The zero-order chi connectivity index (χ0) is 15.2. The fraction of sp³-hybridized carbons (Fsp3) is 0.533. The van der Waals surface area contributed by atoms with E-state index in [2.05, 4.69) is 10.3 Å².